The number of aromatic hydroxyl groups is 1. The minimum atomic E-state index is -0.728. The van der Waals surface area contributed by atoms with Gasteiger partial charge in [-0.05, 0) is 6.07 Å². The van der Waals surface area contributed by atoms with E-state index in [9.17, 15) is 15.0 Å². The summed E-state index contributed by atoms with van der Waals surface area (Å²) in [5.74, 6) is -0.0318. The molecule has 1 heterocycles. The summed E-state index contributed by atoms with van der Waals surface area (Å²) in [6, 6.07) is 6.78. The quantitative estimate of drug-likeness (QED) is 0.535. The molecule has 7 heteroatoms. The molecular formula is C15H22N2O5. The lowest BCUT2D eigenvalue weighted by Gasteiger charge is -2.19. The summed E-state index contributed by atoms with van der Waals surface area (Å²) in [6.45, 7) is 0.996. The number of carbonyl (C=O) groups is 1. The molecule has 2 rings (SSSR count). The van der Waals surface area contributed by atoms with Crippen LogP contribution in [0.5, 0.6) is 5.75 Å². The van der Waals surface area contributed by atoms with Gasteiger partial charge in [-0.2, -0.15) is 0 Å². The number of nitrogens with one attached hydrogen (secondary N) is 2. The number of ether oxygens (including phenoxy) is 2. The highest BCUT2D eigenvalue weighted by Gasteiger charge is 2.35. The highest BCUT2D eigenvalue weighted by Crippen LogP contribution is 2.18. The Kier molecular flexibility index (Phi) is 6.14. The number of methoxy groups -OCH3 is 1. The molecule has 22 heavy (non-hydrogen) atoms. The third-order valence-electron chi connectivity index (χ3n) is 3.61. The molecule has 0 aromatic heterocycles. The van der Waals surface area contributed by atoms with Crippen molar-refractivity contribution in [1.82, 2.24) is 10.6 Å². The number of rotatable bonds is 7. The number of aliphatic hydroxyl groups is 1. The summed E-state index contributed by atoms with van der Waals surface area (Å²) in [7, 11) is 1.44. The predicted octanol–water partition coefficient (Wildman–Crippen LogP) is -0.627. The van der Waals surface area contributed by atoms with Gasteiger partial charge in [0.05, 0.1) is 18.8 Å². The molecule has 1 fully saturated rings. The number of carbonyl (C=O) groups excluding carboxylic acids is 1. The molecule has 0 aliphatic carbocycles. The van der Waals surface area contributed by atoms with Gasteiger partial charge in [0.25, 0.3) is 0 Å². The third kappa shape index (κ3) is 4.41. The maximum atomic E-state index is 11.3. The van der Waals surface area contributed by atoms with Crippen LogP contribution in [0.25, 0.3) is 0 Å². The average Bonchev–Trinajstić information content (AvgIpc) is 2.85. The summed E-state index contributed by atoms with van der Waals surface area (Å²) >= 11 is 0. The summed E-state index contributed by atoms with van der Waals surface area (Å²) in [5, 5.41) is 25.7. The minimum absolute atomic E-state index is 0.0161. The SMILES string of the molecule is COCC(=O)NC[C@H]1OC[C@@H](NCc2ccccc2O)[C@@H]1O. The molecule has 0 saturated carbocycles. The molecule has 1 amide bonds. The van der Waals surface area contributed by atoms with Crippen LogP contribution >= 0.6 is 0 Å². The molecule has 0 radical (unpaired) electrons. The van der Waals surface area contributed by atoms with Crippen LogP contribution in [0, 0.1) is 0 Å². The van der Waals surface area contributed by atoms with E-state index in [0.717, 1.165) is 5.56 Å². The van der Waals surface area contributed by atoms with Crippen molar-refractivity contribution in [2.45, 2.75) is 24.8 Å². The minimum Gasteiger partial charge on any atom is -0.508 e. The van der Waals surface area contributed by atoms with Gasteiger partial charge >= 0.3 is 0 Å². The molecule has 0 bridgehead atoms. The summed E-state index contributed by atoms with van der Waals surface area (Å²) < 4.78 is 10.2. The van der Waals surface area contributed by atoms with E-state index in [1.807, 2.05) is 12.1 Å². The first kappa shape index (κ1) is 16.7. The molecule has 122 valence electrons. The fourth-order valence-corrected chi connectivity index (χ4v) is 2.34. The Morgan fingerprint density at radius 2 is 2.23 bits per heavy atom. The van der Waals surface area contributed by atoms with Gasteiger partial charge < -0.3 is 30.3 Å². The maximum absolute atomic E-state index is 11.3. The van der Waals surface area contributed by atoms with Gasteiger partial charge in [-0.15, -0.1) is 0 Å². The highest BCUT2D eigenvalue weighted by molar-refractivity contribution is 5.77. The van der Waals surface area contributed by atoms with Crippen molar-refractivity contribution >= 4 is 5.91 Å². The Hall–Kier alpha value is -1.67. The summed E-state index contributed by atoms with van der Waals surface area (Å²) in [5.41, 5.74) is 0.756. The Morgan fingerprint density at radius 3 is 2.95 bits per heavy atom. The lowest BCUT2D eigenvalue weighted by Crippen LogP contribution is -2.45. The number of para-hydroxylation sites is 1. The third-order valence-corrected chi connectivity index (χ3v) is 3.61. The number of benzene rings is 1. The first-order chi connectivity index (χ1) is 10.6. The smallest absolute Gasteiger partial charge is 0.246 e. The van der Waals surface area contributed by atoms with Crippen LogP contribution in [0.3, 0.4) is 0 Å². The van der Waals surface area contributed by atoms with E-state index in [-0.39, 0.29) is 30.9 Å². The van der Waals surface area contributed by atoms with E-state index in [2.05, 4.69) is 10.6 Å². The molecule has 3 atom stereocenters. The number of aliphatic hydroxyl groups excluding tert-OH is 1. The number of amides is 1. The molecular weight excluding hydrogens is 288 g/mol. The van der Waals surface area contributed by atoms with E-state index in [1.54, 1.807) is 12.1 Å². The molecule has 0 unspecified atom stereocenters. The normalized spacial score (nSPS) is 24.4. The second-order valence-electron chi connectivity index (χ2n) is 5.22. The topological polar surface area (TPSA) is 100 Å². The molecule has 0 spiro atoms. The van der Waals surface area contributed by atoms with Crippen molar-refractivity contribution in [3.63, 3.8) is 0 Å². The number of hydrogen-bond acceptors (Lipinski definition) is 6. The molecule has 1 saturated heterocycles. The van der Waals surface area contributed by atoms with E-state index in [4.69, 9.17) is 9.47 Å². The van der Waals surface area contributed by atoms with Crippen LogP contribution in [0.1, 0.15) is 5.56 Å². The highest BCUT2D eigenvalue weighted by atomic mass is 16.5. The number of phenols is 1. The van der Waals surface area contributed by atoms with Crippen molar-refractivity contribution in [1.29, 1.82) is 0 Å². The van der Waals surface area contributed by atoms with Gasteiger partial charge in [0.15, 0.2) is 0 Å². The fourth-order valence-electron chi connectivity index (χ4n) is 2.34. The van der Waals surface area contributed by atoms with Crippen molar-refractivity contribution < 1.29 is 24.5 Å². The monoisotopic (exact) mass is 310 g/mol. The molecule has 4 N–H and O–H groups in total. The number of hydrogen-bond donors (Lipinski definition) is 4. The second kappa shape index (κ2) is 8.09. The van der Waals surface area contributed by atoms with Crippen LogP contribution in [0.2, 0.25) is 0 Å². The van der Waals surface area contributed by atoms with Crippen molar-refractivity contribution in [3.8, 4) is 5.75 Å². The van der Waals surface area contributed by atoms with Gasteiger partial charge in [-0.1, -0.05) is 18.2 Å². The Bertz CT molecular complexity index is 497. The number of phenolic OH excluding ortho intramolecular Hbond substituents is 1. The fraction of sp³-hybridized carbons (Fsp3) is 0.533. The predicted molar refractivity (Wildman–Crippen MR) is 79.4 cm³/mol. The average molecular weight is 310 g/mol. The van der Waals surface area contributed by atoms with Gasteiger partial charge in [0, 0.05) is 25.8 Å². The van der Waals surface area contributed by atoms with E-state index < -0.39 is 12.2 Å². The largest absolute Gasteiger partial charge is 0.508 e. The van der Waals surface area contributed by atoms with Gasteiger partial charge in [-0.3, -0.25) is 4.79 Å². The van der Waals surface area contributed by atoms with Gasteiger partial charge in [0.1, 0.15) is 18.5 Å². The zero-order valence-corrected chi connectivity index (χ0v) is 12.5. The van der Waals surface area contributed by atoms with Crippen molar-refractivity contribution in [3.05, 3.63) is 29.8 Å². The van der Waals surface area contributed by atoms with E-state index in [0.29, 0.717) is 13.2 Å². The van der Waals surface area contributed by atoms with E-state index >= 15 is 0 Å². The van der Waals surface area contributed by atoms with Crippen molar-refractivity contribution in [2.75, 3.05) is 26.9 Å². The Morgan fingerprint density at radius 1 is 1.45 bits per heavy atom. The van der Waals surface area contributed by atoms with Crippen LogP contribution in [-0.4, -0.2) is 61.2 Å². The zero-order chi connectivity index (χ0) is 15.9. The molecule has 7 nitrogen and oxygen atoms in total. The summed E-state index contributed by atoms with van der Waals surface area (Å²) in [4.78, 5) is 11.3. The van der Waals surface area contributed by atoms with Crippen LogP contribution in [0.4, 0.5) is 0 Å². The lowest BCUT2D eigenvalue weighted by molar-refractivity contribution is -0.125. The lowest BCUT2D eigenvalue weighted by atomic mass is 10.1. The molecule has 1 aromatic rings. The Labute approximate surface area is 129 Å². The first-order valence-corrected chi connectivity index (χ1v) is 7.17. The molecule has 1 aliphatic heterocycles. The van der Waals surface area contributed by atoms with Crippen LogP contribution < -0.4 is 10.6 Å². The standard InChI is InChI=1S/C15H22N2O5/c1-21-9-14(19)17-7-13-15(20)11(8-22-13)16-6-10-4-2-3-5-12(10)18/h2-5,11,13,15-16,18,20H,6-9H2,1H3,(H,17,19)/t11-,13-,15+/m1/s1. The van der Waals surface area contributed by atoms with E-state index in [1.165, 1.54) is 7.11 Å². The van der Waals surface area contributed by atoms with Crippen molar-refractivity contribution in [2.24, 2.45) is 0 Å². The van der Waals surface area contributed by atoms with Gasteiger partial charge in [0.2, 0.25) is 5.91 Å². The summed E-state index contributed by atoms with van der Waals surface area (Å²) in [6.07, 6.45) is -1.18. The van der Waals surface area contributed by atoms with Gasteiger partial charge in [-0.25, -0.2) is 0 Å². The van der Waals surface area contributed by atoms with Crippen LogP contribution in [-0.2, 0) is 20.8 Å². The zero-order valence-electron chi connectivity index (χ0n) is 12.5. The maximum Gasteiger partial charge on any atom is 0.246 e. The van der Waals surface area contributed by atoms with Crippen LogP contribution in [0.15, 0.2) is 24.3 Å². The Balaban J connectivity index is 1.77. The second-order valence-corrected chi connectivity index (χ2v) is 5.22. The first-order valence-electron chi connectivity index (χ1n) is 7.17. The molecule has 1 aliphatic rings. The molecule has 1 aromatic carbocycles.